The van der Waals surface area contributed by atoms with Crippen LogP contribution in [0.15, 0.2) is 18.3 Å². The summed E-state index contributed by atoms with van der Waals surface area (Å²) >= 11 is 0. The third-order valence-electron chi connectivity index (χ3n) is 7.33. The molecule has 2 aromatic heterocycles. The van der Waals surface area contributed by atoms with Gasteiger partial charge in [0.05, 0.1) is 6.20 Å². The Morgan fingerprint density at radius 1 is 1.02 bits per heavy atom. The second-order valence-electron chi connectivity index (χ2n) is 14.9. The highest BCUT2D eigenvalue weighted by molar-refractivity contribution is 6.76. The number of nitrogens with zero attached hydrogens (tertiary/aromatic N) is 5. The van der Waals surface area contributed by atoms with Crippen molar-refractivity contribution in [1.29, 1.82) is 0 Å². The smallest absolute Gasteiger partial charge is 0.410 e. The molecule has 0 spiro atoms. The molecule has 1 aliphatic rings. The van der Waals surface area contributed by atoms with E-state index in [1.807, 2.05) is 36.3 Å². The molecule has 0 N–H and O–H groups in total. The Balaban J connectivity index is 1.77. The average Bonchev–Trinajstić information content (AvgIpc) is 3.45. The number of anilines is 1. The molecule has 1 saturated heterocycles. The number of likely N-dealkylation sites (tertiary alicyclic amines) is 1. The van der Waals surface area contributed by atoms with Gasteiger partial charge in [-0.05, 0) is 65.5 Å². The predicted molar refractivity (Wildman–Crippen MR) is 172 cm³/mol. The van der Waals surface area contributed by atoms with Crippen molar-refractivity contribution >= 4 is 33.7 Å². The van der Waals surface area contributed by atoms with Crippen LogP contribution in [0.5, 0.6) is 0 Å². The highest BCUT2D eigenvalue weighted by Gasteiger charge is 2.36. The number of aryl methyl sites for hydroxylation is 1. The first-order valence-corrected chi connectivity index (χ1v) is 22.7. The summed E-state index contributed by atoms with van der Waals surface area (Å²) in [6, 6.07) is 6.59. The normalized spacial score (nSPS) is 18.3. The summed E-state index contributed by atoms with van der Waals surface area (Å²) in [6.45, 7) is 24.4. The number of carbonyl (C=O) groups excluding carboxylic acids is 1. The molecule has 3 rings (SSSR count). The van der Waals surface area contributed by atoms with E-state index in [1.165, 1.54) is 0 Å². The maximum atomic E-state index is 13.0. The third-order valence-corrected chi connectivity index (χ3v) is 10.7. The monoisotopic (exact) mass is 605 g/mol. The van der Waals surface area contributed by atoms with E-state index in [0.29, 0.717) is 13.5 Å². The molecule has 3 heterocycles. The van der Waals surface area contributed by atoms with Gasteiger partial charge < -0.3 is 24.0 Å². The summed E-state index contributed by atoms with van der Waals surface area (Å²) in [6.07, 6.45) is 5.12. The van der Waals surface area contributed by atoms with Crippen LogP contribution < -0.4 is 4.90 Å². The largest absolute Gasteiger partial charge is 0.444 e. The molecule has 11 heteroatoms. The second kappa shape index (κ2) is 14.0. The fraction of sp³-hybridized carbons (Fsp3) is 0.767. The summed E-state index contributed by atoms with van der Waals surface area (Å²) in [5.41, 5.74) is 1.27. The van der Waals surface area contributed by atoms with Crippen molar-refractivity contribution in [3.63, 3.8) is 0 Å². The van der Waals surface area contributed by atoms with E-state index in [-0.39, 0.29) is 18.2 Å². The molecule has 0 radical (unpaired) electrons. The summed E-state index contributed by atoms with van der Waals surface area (Å²) in [7, 11) is -2.39. The molecule has 1 aliphatic heterocycles. The molecule has 41 heavy (non-hydrogen) atoms. The van der Waals surface area contributed by atoms with Gasteiger partial charge in [-0.25, -0.2) is 9.78 Å². The van der Waals surface area contributed by atoms with Crippen LogP contribution in [0.25, 0.3) is 5.65 Å². The number of ether oxygens (including phenoxy) is 3. The Morgan fingerprint density at radius 2 is 1.63 bits per heavy atom. The number of amides is 1. The Hall–Kier alpha value is -1.96. The molecule has 9 nitrogen and oxygen atoms in total. The number of hydrogen-bond acceptors (Lipinski definition) is 7. The van der Waals surface area contributed by atoms with Gasteiger partial charge in [0.25, 0.3) is 0 Å². The number of hydrogen-bond donors (Lipinski definition) is 0. The van der Waals surface area contributed by atoms with E-state index in [1.54, 1.807) is 6.20 Å². The van der Waals surface area contributed by atoms with E-state index in [4.69, 9.17) is 19.2 Å². The number of rotatable bonds is 14. The molecule has 232 valence electrons. The van der Waals surface area contributed by atoms with Crippen molar-refractivity contribution < 1.29 is 19.0 Å². The molecular weight excluding hydrogens is 551 g/mol. The van der Waals surface area contributed by atoms with E-state index < -0.39 is 21.7 Å². The van der Waals surface area contributed by atoms with Gasteiger partial charge in [0.1, 0.15) is 24.9 Å². The maximum absolute atomic E-state index is 13.0. The lowest BCUT2D eigenvalue weighted by Crippen LogP contribution is -2.43. The fourth-order valence-electron chi connectivity index (χ4n) is 4.89. The van der Waals surface area contributed by atoms with Crippen LogP contribution in [-0.2, 0) is 20.6 Å². The summed E-state index contributed by atoms with van der Waals surface area (Å²) in [5, 5.41) is 4.58. The zero-order valence-corrected chi connectivity index (χ0v) is 29.3. The standard InChI is InChI=1S/C30H55N5O4Si2/c1-24-11-13-26(34(24)29(36)39-30(2,3)4)14-12-25-21-28(35-27(32-25)15-16-31-35)33(22-37-17-19-40(5,6)7)23-38-18-20-41(8,9)10/h15-16,21,24,26H,11-14,17-20,22-23H2,1-10H3/t24-,26-/m1/s1. The minimum Gasteiger partial charge on any atom is -0.444 e. The Labute approximate surface area is 249 Å². The van der Waals surface area contributed by atoms with E-state index in [0.717, 1.165) is 68.1 Å². The molecule has 0 aliphatic carbocycles. The van der Waals surface area contributed by atoms with Crippen molar-refractivity contribution in [2.24, 2.45) is 0 Å². The van der Waals surface area contributed by atoms with Crippen molar-refractivity contribution in [3.8, 4) is 0 Å². The molecular formula is C30H55N5O4Si2. The van der Waals surface area contributed by atoms with Crippen molar-refractivity contribution in [3.05, 3.63) is 24.0 Å². The van der Waals surface area contributed by atoms with Crippen molar-refractivity contribution in [1.82, 2.24) is 19.5 Å². The fourth-order valence-corrected chi connectivity index (χ4v) is 6.40. The van der Waals surface area contributed by atoms with Gasteiger partial charge in [-0.1, -0.05) is 39.3 Å². The molecule has 0 bridgehead atoms. The molecule has 0 saturated carbocycles. The van der Waals surface area contributed by atoms with Crippen LogP contribution in [-0.4, -0.2) is 86.1 Å². The predicted octanol–water partition coefficient (Wildman–Crippen LogP) is 6.88. The first-order chi connectivity index (χ1) is 19.0. The van der Waals surface area contributed by atoms with Gasteiger partial charge in [0.15, 0.2) is 5.65 Å². The lowest BCUT2D eigenvalue weighted by molar-refractivity contribution is 0.0154. The molecule has 1 fully saturated rings. The highest BCUT2D eigenvalue weighted by Crippen LogP contribution is 2.29. The lowest BCUT2D eigenvalue weighted by atomic mass is 10.1. The highest BCUT2D eigenvalue weighted by atomic mass is 28.3. The van der Waals surface area contributed by atoms with Crippen LogP contribution in [0.3, 0.4) is 0 Å². The van der Waals surface area contributed by atoms with Gasteiger partial charge in [0.2, 0.25) is 0 Å². The van der Waals surface area contributed by atoms with Crippen LogP contribution >= 0.6 is 0 Å². The number of aromatic nitrogens is 3. The van der Waals surface area contributed by atoms with Crippen LogP contribution in [0.4, 0.5) is 10.6 Å². The van der Waals surface area contributed by atoms with Crippen LogP contribution in [0.2, 0.25) is 51.4 Å². The summed E-state index contributed by atoms with van der Waals surface area (Å²) < 4.78 is 20.0. The number of carbonyl (C=O) groups is 1. The SMILES string of the molecule is C[C@@H]1CC[C@H](CCc2cc(N(COCC[Si](C)(C)C)COCC[Si](C)(C)C)n3nccc3n2)N1C(=O)OC(C)(C)C. The van der Waals surface area contributed by atoms with Crippen LogP contribution in [0.1, 0.15) is 52.7 Å². The van der Waals surface area contributed by atoms with Gasteiger partial charge in [0, 0.05) is 59.3 Å². The first kappa shape index (κ1) is 33.5. The zero-order chi connectivity index (χ0) is 30.4. The molecule has 2 atom stereocenters. The third kappa shape index (κ3) is 11.0. The molecule has 0 aromatic carbocycles. The van der Waals surface area contributed by atoms with Gasteiger partial charge in [-0.2, -0.15) is 9.61 Å². The Morgan fingerprint density at radius 3 is 2.20 bits per heavy atom. The summed E-state index contributed by atoms with van der Waals surface area (Å²) in [4.78, 5) is 22.0. The van der Waals surface area contributed by atoms with Crippen molar-refractivity contribution in [2.75, 3.05) is 31.6 Å². The minimum atomic E-state index is -1.19. The minimum absolute atomic E-state index is 0.136. The van der Waals surface area contributed by atoms with E-state index >= 15 is 0 Å². The Kier molecular flexibility index (Phi) is 11.5. The van der Waals surface area contributed by atoms with Gasteiger partial charge in [-0.15, -0.1) is 0 Å². The molecule has 1 amide bonds. The first-order valence-electron chi connectivity index (χ1n) is 15.3. The van der Waals surface area contributed by atoms with E-state index in [9.17, 15) is 4.79 Å². The maximum Gasteiger partial charge on any atom is 0.410 e. The zero-order valence-electron chi connectivity index (χ0n) is 27.3. The molecule has 0 unspecified atom stereocenters. The van der Waals surface area contributed by atoms with Crippen molar-refractivity contribution in [2.45, 2.75) is 122 Å². The van der Waals surface area contributed by atoms with E-state index in [2.05, 4.69) is 62.3 Å². The Bertz CT molecular complexity index is 1100. The quantitative estimate of drug-likeness (QED) is 0.132. The van der Waals surface area contributed by atoms with Gasteiger partial charge >= 0.3 is 6.09 Å². The lowest BCUT2D eigenvalue weighted by Gasteiger charge is -2.31. The molecule has 2 aromatic rings. The van der Waals surface area contributed by atoms with Gasteiger partial charge in [-0.3, -0.25) is 0 Å². The van der Waals surface area contributed by atoms with Crippen LogP contribution in [0, 0.1) is 0 Å². The topological polar surface area (TPSA) is 81.4 Å². The number of fused-ring (bicyclic) bond motifs is 1. The summed E-state index contributed by atoms with van der Waals surface area (Å²) in [5.74, 6) is 0.916. The average molecular weight is 606 g/mol. The second-order valence-corrected chi connectivity index (χ2v) is 26.2.